The Morgan fingerprint density at radius 2 is 1.89 bits per heavy atom. The van der Waals surface area contributed by atoms with E-state index in [2.05, 4.69) is 45.3 Å². The van der Waals surface area contributed by atoms with Gasteiger partial charge in [-0.05, 0) is 30.7 Å². The van der Waals surface area contributed by atoms with Crippen LogP contribution in [0.25, 0.3) is 33.5 Å². The molecule has 0 unspecified atom stereocenters. The number of nitrogens with zero attached hydrogens (tertiary/aromatic N) is 2. The number of benzene rings is 2. The van der Waals surface area contributed by atoms with E-state index in [1.54, 1.807) is 0 Å². The lowest BCUT2D eigenvalue weighted by Crippen LogP contribution is -1.80. The van der Waals surface area contributed by atoms with Gasteiger partial charge in [-0.3, -0.25) is 5.10 Å². The third-order valence-corrected chi connectivity index (χ3v) is 3.33. The van der Waals surface area contributed by atoms with Crippen LogP contribution in [0.1, 0.15) is 5.56 Å². The first-order valence-corrected chi connectivity index (χ1v) is 6.21. The second-order valence-electron chi connectivity index (χ2n) is 4.72. The fourth-order valence-electron chi connectivity index (χ4n) is 2.37. The molecule has 4 heteroatoms. The summed E-state index contributed by atoms with van der Waals surface area (Å²) in [6.07, 6.45) is 0. The van der Waals surface area contributed by atoms with Gasteiger partial charge < -0.3 is 4.98 Å². The molecule has 0 spiro atoms. The van der Waals surface area contributed by atoms with Gasteiger partial charge >= 0.3 is 0 Å². The van der Waals surface area contributed by atoms with Gasteiger partial charge in [-0.25, -0.2) is 4.98 Å². The van der Waals surface area contributed by atoms with Gasteiger partial charge in [0.15, 0.2) is 5.82 Å². The zero-order valence-electron chi connectivity index (χ0n) is 10.4. The number of imidazole rings is 1. The molecule has 2 heterocycles. The van der Waals surface area contributed by atoms with Gasteiger partial charge in [0, 0.05) is 5.39 Å². The molecule has 2 N–H and O–H groups in total. The Hall–Kier alpha value is -2.62. The Bertz CT molecular complexity index is 885. The Kier molecular flexibility index (Phi) is 2.00. The van der Waals surface area contributed by atoms with Crippen molar-refractivity contribution in [2.75, 3.05) is 0 Å². The largest absolute Gasteiger partial charge is 0.337 e. The maximum absolute atomic E-state index is 4.63. The molecule has 0 aliphatic heterocycles. The van der Waals surface area contributed by atoms with E-state index in [1.807, 2.05) is 24.3 Å². The molecule has 2 aromatic heterocycles. The van der Waals surface area contributed by atoms with E-state index in [0.717, 1.165) is 33.5 Å². The number of rotatable bonds is 1. The summed E-state index contributed by atoms with van der Waals surface area (Å²) in [4.78, 5) is 7.95. The predicted molar refractivity (Wildman–Crippen MR) is 75.9 cm³/mol. The Balaban J connectivity index is 1.99. The van der Waals surface area contributed by atoms with Crippen molar-refractivity contribution in [3.8, 4) is 11.5 Å². The molecule has 0 saturated heterocycles. The summed E-state index contributed by atoms with van der Waals surface area (Å²) in [7, 11) is 0. The van der Waals surface area contributed by atoms with Crippen molar-refractivity contribution in [2.45, 2.75) is 6.92 Å². The molecule has 4 aromatic rings. The first-order valence-electron chi connectivity index (χ1n) is 6.21. The third-order valence-electron chi connectivity index (χ3n) is 3.33. The molecular formula is C15H12N4. The smallest absolute Gasteiger partial charge is 0.159 e. The summed E-state index contributed by atoms with van der Waals surface area (Å²) in [6.45, 7) is 2.07. The van der Waals surface area contributed by atoms with Crippen molar-refractivity contribution in [2.24, 2.45) is 0 Å². The molecule has 0 atom stereocenters. The number of hydrogen-bond acceptors (Lipinski definition) is 2. The van der Waals surface area contributed by atoms with Gasteiger partial charge in [0.25, 0.3) is 0 Å². The molecule has 92 valence electrons. The van der Waals surface area contributed by atoms with E-state index in [1.165, 1.54) is 5.56 Å². The van der Waals surface area contributed by atoms with Crippen LogP contribution >= 0.6 is 0 Å². The van der Waals surface area contributed by atoms with Crippen LogP contribution in [0.2, 0.25) is 0 Å². The van der Waals surface area contributed by atoms with E-state index in [-0.39, 0.29) is 0 Å². The van der Waals surface area contributed by atoms with Crippen molar-refractivity contribution in [1.29, 1.82) is 0 Å². The van der Waals surface area contributed by atoms with Crippen LogP contribution in [0.4, 0.5) is 0 Å². The minimum absolute atomic E-state index is 0.804. The number of aryl methyl sites for hydroxylation is 1. The summed E-state index contributed by atoms with van der Waals surface area (Å²) in [5.74, 6) is 0.804. The topological polar surface area (TPSA) is 57.4 Å². The number of fused-ring (bicyclic) bond motifs is 2. The maximum Gasteiger partial charge on any atom is 0.159 e. The van der Waals surface area contributed by atoms with Crippen molar-refractivity contribution >= 4 is 21.9 Å². The fourth-order valence-corrected chi connectivity index (χ4v) is 2.37. The van der Waals surface area contributed by atoms with Crippen LogP contribution < -0.4 is 0 Å². The quantitative estimate of drug-likeness (QED) is 0.542. The van der Waals surface area contributed by atoms with E-state index in [0.29, 0.717) is 0 Å². The highest BCUT2D eigenvalue weighted by Crippen LogP contribution is 2.26. The zero-order chi connectivity index (χ0) is 12.8. The van der Waals surface area contributed by atoms with E-state index >= 15 is 0 Å². The lowest BCUT2D eigenvalue weighted by molar-refractivity contribution is 1.11. The van der Waals surface area contributed by atoms with E-state index < -0.39 is 0 Å². The fraction of sp³-hybridized carbons (Fsp3) is 0.0667. The standard InChI is InChI=1S/C15H12N4/c1-9-6-7-12-13(8-9)17-15(16-12)14-10-4-2-3-5-11(10)18-19-14/h2-8H,1H3,(H,16,17)(H,18,19). The number of aromatic nitrogens is 4. The highest BCUT2D eigenvalue weighted by atomic mass is 15.1. The highest BCUT2D eigenvalue weighted by molar-refractivity contribution is 5.92. The van der Waals surface area contributed by atoms with E-state index in [9.17, 15) is 0 Å². The number of hydrogen-bond donors (Lipinski definition) is 2. The summed E-state index contributed by atoms with van der Waals surface area (Å²) in [5.41, 5.74) is 5.10. The van der Waals surface area contributed by atoms with Crippen LogP contribution in [0.3, 0.4) is 0 Å². The van der Waals surface area contributed by atoms with Crippen LogP contribution in [0.15, 0.2) is 42.5 Å². The molecule has 19 heavy (non-hydrogen) atoms. The first kappa shape index (κ1) is 10.3. The lowest BCUT2D eigenvalue weighted by Gasteiger charge is -1.90. The summed E-state index contributed by atoms with van der Waals surface area (Å²) in [6, 6.07) is 14.3. The molecule has 0 fully saturated rings. The average molecular weight is 248 g/mol. The van der Waals surface area contributed by atoms with Crippen LogP contribution in [0.5, 0.6) is 0 Å². The van der Waals surface area contributed by atoms with Crippen LogP contribution in [-0.4, -0.2) is 20.2 Å². The molecule has 0 aliphatic carbocycles. The Morgan fingerprint density at radius 3 is 2.84 bits per heavy atom. The number of para-hydroxylation sites is 1. The molecule has 4 nitrogen and oxygen atoms in total. The Morgan fingerprint density at radius 1 is 1.00 bits per heavy atom. The molecule has 0 aliphatic rings. The van der Waals surface area contributed by atoms with Crippen molar-refractivity contribution in [3.63, 3.8) is 0 Å². The Labute approximate surface area is 109 Å². The maximum atomic E-state index is 4.63. The summed E-state index contributed by atoms with van der Waals surface area (Å²) >= 11 is 0. The zero-order valence-corrected chi connectivity index (χ0v) is 10.4. The van der Waals surface area contributed by atoms with Gasteiger partial charge in [0.05, 0.1) is 16.6 Å². The average Bonchev–Trinajstić information content (AvgIpc) is 3.00. The van der Waals surface area contributed by atoms with Gasteiger partial charge in [-0.2, -0.15) is 5.10 Å². The second-order valence-corrected chi connectivity index (χ2v) is 4.72. The predicted octanol–water partition coefficient (Wildman–Crippen LogP) is 3.41. The molecular weight excluding hydrogens is 236 g/mol. The van der Waals surface area contributed by atoms with Crippen molar-refractivity contribution < 1.29 is 0 Å². The normalized spacial score (nSPS) is 11.4. The van der Waals surface area contributed by atoms with Gasteiger partial charge in [0.2, 0.25) is 0 Å². The molecule has 0 radical (unpaired) electrons. The van der Waals surface area contributed by atoms with Crippen LogP contribution in [0, 0.1) is 6.92 Å². The second kappa shape index (κ2) is 3.68. The lowest BCUT2D eigenvalue weighted by atomic mass is 10.2. The number of nitrogens with one attached hydrogen (secondary N) is 2. The monoisotopic (exact) mass is 248 g/mol. The van der Waals surface area contributed by atoms with Gasteiger partial charge in [0.1, 0.15) is 5.69 Å². The highest BCUT2D eigenvalue weighted by Gasteiger charge is 2.11. The summed E-state index contributed by atoms with van der Waals surface area (Å²) < 4.78 is 0. The SMILES string of the molecule is Cc1ccc2[nH]c(-c3n[nH]c4ccccc34)nc2c1. The number of H-pyrrole nitrogens is 2. The summed E-state index contributed by atoms with van der Waals surface area (Å²) in [5, 5.41) is 8.48. The molecule has 2 aromatic carbocycles. The van der Waals surface area contributed by atoms with Crippen molar-refractivity contribution in [3.05, 3.63) is 48.0 Å². The number of aromatic amines is 2. The van der Waals surface area contributed by atoms with E-state index in [4.69, 9.17) is 0 Å². The minimum Gasteiger partial charge on any atom is -0.337 e. The minimum atomic E-state index is 0.804. The molecule has 0 saturated carbocycles. The molecule has 0 bridgehead atoms. The molecule has 4 rings (SSSR count). The van der Waals surface area contributed by atoms with Crippen molar-refractivity contribution in [1.82, 2.24) is 20.2 Å². The van der Waals surface area contributed by atoms with Crippen LogP contribution in [-0.2, 0) is 0 Å². The van der Waals surface area contributed by atoms with Gasteiger partial charge in [-0.1, -0.05) is 24.3 Å². The molecule has 0 amide bonds. The third kappa shape index (κ3) is 1.53. The van der Waals surface area contributed by atoms with Gasteiger partial charge in [-0.15, -0.1) is 0 Å². The first-order chi connectivity index (χ1) is 9.31.